The molecule has 1 saturated carbocycles. The number of nitrogens with one attached hydrogen (secondary N) is 1. The molecular weight excluding hydrogens is 224 g/mol. The first-order valence-electron chi connectivity index (χ1n) is 5.92. The fraction of sp³-hybridized carbons (Fsp3) is 0.818. The molecule has 6 heteroatoms. The summed E-state index contributed by atoms with van der Waals surface area (Å²) in [5.41, 5.74) is 5.56. The van der Waals surface area contributed by atoms with Gasteiger partial charge in [-0.25, -0.2) is 4.79 Å². The number of carbonyl (C=O) groups excluding carboxylic acids is 1. The highest BCUT2D eigenvalue weighted by Crippen LogP contribution is 2.28. The van der Waals surface area contributed by atoms with Crippen molar-refractivity contribution in [3.8, 4) is 0 Å². The molecule has 0 saturated heterocycles. The quantitative estimate of drug-likeness (QED) is 0.511. The number of carboxylic acid groups (broad SMARTS) is 1. The Morgan fingerprint density at radius 3 is 2.29 bits per heavy atom. The SMILES string of the molecule is NCC1CCC(C(=O)N[C@H](CO)C(=O)O)CC1. The molecule has 0 aromatic heterocycles. The Labute approximate surface area is 100 Å². The van der Waals surface area contributed by atoms with Crippen molar-refractivity contribution in [3.63, 3.8) is 0 Å². The summed E-state index contributed by atoms with van der Waals surface area (Å²) in [7, 11) is 0. The number of hydrogen-bond donors (Lipinski definition) is 4. The van der Waals surface area contributed by atoms with Crippen molar-refractivity contribution in [1.82, 2.24) is 5.32 Å². The lowest BCUT2D eigenvalue weighted by Crippen LogP contribution is -2.46. The molecular formula is C11H20N2O4. The summed E-state index contributed by atoms with van der Waals surface area (Å²) in [6, 6.07) is -1.20. The summed E-state index contributed by atoms with van der Waals surface area (Å²) in [5.74, 6) is -1.16. The van der Waals surface area contributed by atoms with Crippen molar-refractivity contribution in [1.29, 1.82) is 0 Å². The van der Waals surface area contributed by atoms with Gasteiger partial charge in [0.1, 0.15) is 6.04 Å². The van der Waals surface area contributed by atoms with Gasteiger partial charge in [-0.1, -0.05) is 0 Å². The van der Waals surface area contributed by atoms with Crippen LogP contribution >= 0.6 is 0 Å². The van der Waals surface area contributed by atoms with E-state index < -0.39 is 18.6 Å². The van der Waals surface area contributed by atoms with Crippen LogP contribution in [0.4, 0.5) is 0 Å². The summed E-state index contributed by atoms with van der Waals surface area (Å²) in [6.45, 7) is 0.0575. The van der Waals surface area contributed by atoms with Crippen LogP contribution < -0.4 is 11.1 Å². The maximum Gasteiger partial charge on any atom is 0.328 e. The molecule has 0 bridgehead atoms. The number of aliphatic hydroxyl groups excluding tert-OH is 1. The van der Waals surface area contributed by atoms with Crippen molar-refractivity contribution >= 4 is 11.9 Å². The van der Waals surface area contributed by atoms with Gasteiger partial charge in [0.25, 0.3) is 0 Å². The number of aliphatic carboxylic acids is 1. The van der Waals surface area contributed by atoms with Crippen molar-refractivity contribution < 1.29 is 19.8 Å². The third kappa shape index (κ3) is 3.98. The standard InChI is InChI=1S/C11H20N2O4/c12-5-7-1-3-8(4-2-7)10(15)13-9(6-14)11(16)17/h7-9,14H,1-6,12H2,(H,13,15)(H,16,17)/t7?,8?,9-/m1/s1. The average molecular weight is 244 g/mol. The fourth-order valence-electron chi connectivity index (χ4n) is 2.14. The topological polar surface area (TPSA) is 113 Å². The van der Waals surface area contributed by atoms with Crippen LogP contribution in [-0.4, -0.2) is 41.3 Å². The molecule has 6 nitrogen and oxygen atoms in total. The van der Waals surface area contributed by atoms with Gasteiger partial charge in [0.2, 0.25) is 5.91 Å². The fourth-order valence-corrected chi connectivity index (χ4v) is 2.14. The van der Waals surface area contributed by atoms with Gasteiger partial charge in [0.05, 0.1) is 6.61 Å². The van der Waals surface area contributed by atoms with E-state index in [1.807, 2.05) is 0 Å². The van der Waals surface area contributed by atoms with Crippen LogP contribution in [0.15, 0.2) is 0 Å². The molecule has 1 rings (SSSR count). The second-order valence-corrected chi connectivity index (χ2v) is 4.54. The molecule has 5 N–H and O–H groups in total. The van der Waals surface area contributed by atoms with E-state index >= 15 is 0 Å². The van der Waals surface area contributed by atoms with Crippen molar-refractivity contribution in [2.45, 2.75) is 31.7 Å². The van der Waals surface area contributed by atoms with Crippen LogP contribution in [0.3, 0.4) is 0 Å². The van der Waals surface area contributed by atoms with E-state index in [-0.39, 0.29) is 11.8 Å². The molecule has 1 atom stereocenters. The van der Waals surface area contributed by atoms with Crippen LogP contribution in [0.25, 0.3) is 0 Å². The minimum Gasteiger partial charge on any atom is -0.480 e. The number of hydrogen-bond acceptors (Lipinski definition) is 4. The van der Waals surface area contributed by atoms with E-state index in [2.05, 4.69) is 5.32 Å². The molecule has 98 valence electrons. The first-order chi connectivity index (χ1) is 8.08. The van der Waals surface area contributed by atoms with Crippen LogP contribution in [-0.2, 0) is 9.59 Å². The number of aliphatic hydroxyl groups is 1. The number of nitrogens with two attached hydrogens (primary N) is 1. The highest BCUT2D eigenvalue weighted by Gasteiger charge is 2.28. The lowest BCUT2D eigenvalue weighted by molar-refractivity contribution is -0.143. The van der Waals surface area contributed by atoms with Gasteiger partial charge in [-0.15, -0.1) is 0 Å². The Hall–Kier alpha value is -1.14. The molecule has 0 unspecified atom stereocenters. The first-order valence-corrected chi connectivity index (χ1v) is 5.92. The Balaban J connectivity index is 2.41. The molecule has 1 fully saturated rings. The molecule has 1 amide bonds. The zero-order valence-corrected chi connectivity index (χ0v) is 9.76. The molecule has 17 heavy (non-hydrogen) atoms. The molecule has 1 aliphatic carbocycles. The Bertz CT molecular complexity index is 275. The molecule has 0 aromatic carbocycles. The zero-order valence-electron chi connectivity index (χ0n) is 9.76. The lowest BCUT2D eigenvalue weighted by atomic mass is 9.81. The molecule has 0 aliphatic heterocycles. The second-order valence-electron chi connectivity index (χ2n) is 4.54. The third-order valence-corrected chi connectivity index (χ3v) is 3.35. The van der Waals surface area contributed by atoms with Crippen LogP contribution in [0.5, 0.6) is 0 Å². The number of amides is 1. The lowest BCUT2D eigenvalue weighted by Gasteiger charge is -2.27. The maximum absolute atomic E-state index is 11.8. The minimum absolute atomic E-state index is 0.147. The molecule has 0 heterocycles. The van der Waals surface area contributed by atoms with E-state index in [9.17, 15) is 9.59 Å². The highest BCUT2D eigenvalue weighted by molar-refractivity contribution is 5.85. The summed E-state index contributed by atoms with van der Waals surface area (Å²) in [4.78, 5) is 22.4. The Kier molecular flexibility index (Phi) is 5.37. The van der Waals surface area contributed by atoms with Crippen molar-refractivity contribution in [2.24, 2.45) is 17.6 Å². The van der Waals surface area contributed by atoms with Crippen molar-refractivity contribution in [3.05, 3.63) is 0 Å². The molecule has 1 aliphatic rings. The van der Waals surface area contributed by atoms with E-state index in [1.165, 1.54) is 0 Å². The summed E-state index contributed by atoms with van der Waals surface area (Å²) in [6.07, 6.45) is 3.30. The summed E-state index contributed by atoms with van der Waals surface area (Å²) < 4.78 is 0. The molecule has 0 spiro atoms. The Morgan fingerprint density at radius 2 is 1.88 bits per heavy atom. The van der Waals surface area contributed by atoms with Crippen LogP contribution in [0.1, 0.15) is 25.7 Å². The van der Waals surface area contributed by atoms with Gasteiger partial charge < -0.3 is 21.3 Å². The molecule has 0 aromatic rings. The van der Waals surface area contributed by atoms with Crippen LogP contribution in [0, 0.1) is 11.8 Å². The van der Waals surface area contributed by atoms with E-state index in [0.29, 0.717) is 12.5 Å². The zero-order chi connectivity index (χ0) is 12.8. The van der Waals surface area contributed by atoms with Gasteiger partial charge >= 0.3 is 5.97 Å². The second kappa shape index (κ2) is 6.56. The normalized spacial score (nSPS) is 26.2. The van der Waals surface area contributed by atoms with Crippen molar-refractivity contribution in [2.75, 3.05) is 13.2 Å². The van der Waals surface area contributed by atoms with E-state index in [0.717, 1.165) is 25.7 Å². The summed E-state index contributed by atoms with van der Waals surface area (Å²) in [5, 5.41) is 19.9. The van der Waals surface area contributed by atoms with Gasteiger partial charge in [0.15, 0.2) is 0 Å². The first kappa shape index (κ1) is 13.9. The predicted octanol–water partition coefficient (Wildman–Crippen LogP) is -0.687. The monoisotopic (exact) mass is 244 g/mol. The largest absolute Gasteiger partial charge is 0.480 e. The average Bonchev–Trinajstić information content (AvgIpc) is 2.35. The molecule has 0 radical (unpaired) electrons. The number of rotatable bonds is 5. The number of carbonyl (C=O) groups is 2. The minimum atomic E-state index is -1.21. The van der Waals surface area contributed by atoms with E-state index in [4.69, 9.17) is 15.9 Å². The maximum atomic E-state index is 11.8. The smallest absolute Gasteiger partial charge is 0.328 e. The van der Waals surface area contributed by atoms with Gasteiger partial charge in [-0.3, -0.25) is 4.79 Å². The van der Waals surface area contributed by atoms with Gasteiger partial charge in [0, 0.05) is 5.92 Å². The number of carboxylic acids is 1. The van der Waals surface area contributed by atoms with Gasteiger partial charge in [-0.05, 0) is 38.1 Å². The summed E-state index contributed by atoms with van der Waals surface area (Å²) >= 11 is 0. The van der Waals surface area contributed by atoms with Crippen LogP contribution in [0.2, 0.25) is 0 Å². The van der Waals surface area contributed by atoms with E-state index in [1.54, 1.807) is 0 Å². The Morgan fingerprint density at radius 1 is 1.29 bits per heavy atom. The third-order valence-electron chi connectivity index (χ3n) is 3.35. The predicted molar refractivity (Wildman–Crippen MR) is 61.2 cm³/mol. The van der Waals surface area contributed by atoms with Gasteiger partial charge in [-0.2, -0.15) is 0 Å². The highest BCUT2D eigenvalue weighted by atomic mass is 16.4.